The van der Waals surface area contributed by atoms with Crippen LogP contribution in [0.3, 0.4) is 0 Å². The lowest BCUT2D eigenvalue weighted by atomic mass is 10.0. The molecule has 3 aromatic rings. The van der Waals surface area contributed by atoms with Gasteiger partial charge in [-0.2, -0.15) is 0 Å². The van der Waals surface area contributed by atoms with Gasteiger partial charge in [0.25, 0.3) is 0 Å². The molecule has 3 rings (SSSR count). The maximum absolute atomic E-state index is 3.55. The maximum atomic E-state index is 3.55. The van der Waals surface area contributed by atoms with E-state index in [0.717, 1.165) is 10.9 Å². The highest BCUT2D eigenvalue weighted by molar-refractivity contribution is 9.10. The molecular weight excluding hydrogens is 340 g/mol. The third-order valence-electron chi connectivity index (χ3n) is 3.62. The van der Waals surface area contributed by atoms with Gasteiger partial charge in [0.2, 0.25) is 0 Å². The standard InChI is InChI=1S/C19H17BrS/c1-3-6-16-17-12-14(13-7-5-8-15(20)11-13)9-10-19(17)21-18(16)4-2/h3,5-12H,4H2,1-2H3/b6-3-. The van der Waals surface area contributed by atoms with E-state index in [4.69, 9.17) is 0 Å². The molecule has 0 N–H and O–H groups in total. The minimum absolute atomic E-state index is 1.09. The summed E-state index contributed by atoms with van der Waals surface area (Å²) in [5.41, 5.74) is 3.91. The molecule has 0 fully saturated rings. The van der Waals surface area contributed by atoms with Crippen molar-refractivity contribution in [3.05, 3.63) is 63.5 Å². The van der Waals surface area contributed by atoms with Crippen LogP contribution in [0, 0.1) is 0 Å². The lowest BCUT2D eigenvalue weighted by Gasteiger charge is -2.03. The second-order valence-corrected chi connectivity index (χ2v) is 7.07. The Morgan fingerprint density at radius 2 is 1.90 bits per heavy atom. The van der Waals surface area contributed by atoms with Gasteiger partial charge in [-0.05, 0) is 54.3 Å². The zero-order valence-corrected chi connectivity index (χ0v) is 14.6. The molecule has 21 heavy (non-hydrogen) atoms. The van der Waals surface area contributed by atoms with E-state index in [1.807, 2.05) is 11.3 Å². The largest absolute Gasteiger partial charge is 0.140 e. The van der Waals surface area contributed by atoms with Crippen LogP contribution in [0.1, 0.15) is 24.3 Å². The Bertz CT molecular complexity index is 812. The first kappa shape index (κ1) is 14.6. The highest BCUT2D eigenvalue weighted by atomic mass is 79.9. The molecule has 0 unspecified atom stereocenters. The van der Waals surface area contributed by atoms with Gasteiger partial charge in [0.1, 0.15) is 0 Å². The topological polar surface area (TPSA) is 0 Å². The number of benzene rings is 2. The predicted molar refractivity (Wildman–Crippen MR) is 99.0 cm³/mol. The Labute approximate surface area is 138 Å². The number of aryl methyl sites for hydroxylation is 1. The Morgan fingerprint density at radius 1 is 1.10 bits per heavy atom. The fourth-order valence-electron chi connectivity index (χ4n) is 2.63. The van der Waals surface area contributed by atoms with E-state index in [1.165, 1.54) is 31.7 Å². The van der Waals surface area contributed by atoms with E-state index < -0.39 is 0 Å². The van der Waals surface area contributed by atoms with Crippen LogP contribution < -0.4 is 0 Å². The van der Waals surface area contributed by atoms with Crippen LogP contribution >= 0.6 is 27.3 Å². The molecular formula is C19H17BrS. The normalized spacial score (nSPS) is 11.6. The molecule has 1 heterocycles. The van der Waals surface area contributed by atoms with Crippen molar-refractivity contribution in [1.29, 1.82) is 0 Å². The highest BCUT2D eigenvalue weighted by Gasteiger charge is 2.10. The molecule has 0 saturated carbocycles. The van der Waals surface area contributed by atoms with Gasteiger partial charge < -0.3 is 0 Å². The van der Waals surface area contributed by atoms with Gasteiger partial charge in [0.05, 0.1) is 0 Å². The zero-order valence-electron chi connectivity index (χ0n) is 12.2. The third-order valence-corrected chi connectivity index (χ3v) is 5.44. The minimum Gasteiger partial charge on any atom is -0.140 e. The van der Waals surface area contributed by atoms with Gasteiger partial charge in [-0.1, -0.05) is 53.2 Å². The molecule has 0 amide bonds. The summed E-state index contributed by atoms with van der Waals surface area (Å²) in [4.78, 5) is 1.47. The van der Waals surface area contributed by atoms with Crippen molar-refractivity contribution in [1.82, 2.24) is 0 Å². The Balaban J connectivity index is 2.21. The van der Waals surface area contributed by atoms with Gasteiger partial charge in [-0.15, -0.1) is 11.3 Å². The average Bonchev–Trinajstić information content (AvgIpc) is 2.85. The lowest BCUT2D eigenvalue weighted by Crippen LogP contribution is -1.80. The first-order valence-electron chi connectivity index (χ1n) is 7.17. The van der Waals surface area contributed by atoms with E-state index in [-0.39, 0.29) is 0 Å². The molecule has 0 radical (unpaired) electrons. The number of halogens is 1. The Hall–Kier alpha value is -1.38. The molecule has 0 nitrogen and oxygen atoms in total. The molecule has 0 saturated heterocycles. The van der Waals surface area contributed by atoms with E-state index >= 15 is 0 Å². The summed E-state index contributed by atoms with van der Waals surface area (Å²) in [6.45, 7) is 4.31. The minimum atomic E-state index is 1.09. The smallest absolute Gasteiger partial charge is 0.0352 e. The number of fused-ring (bicyclic) bond motifs is 1. The number of rotatable bonds is 3. The molecule has 0 atom stereocenters. The molecule has 2 aromatic carbocycles. The van der Waals surface area contributed by atoms with Crippen molar-refractivity contribution in [3.8, 4) is 11.1 Å². The summed E-state index contributed by atoms with van der Waals surface area (Å²) < 4.78 is 2.49. The first-order valence-corrected chi connectivity index (χ1v) is 8.78. The van der Waals surface area contributed by atoms with E-state index in [1.54, 1.807) is 0 Å². The number of hydrogen-bond donors (Lipinski definition) is 0. The maximum Gasteiger partial charge on any atom is 0.0352 e. The summed E-state index contributed by atoms with van der Waals surface area (Å²) >= 11 is 5.47. The number of allylic oxidation sites excluding steroid dienone is 1. The summed E-state index contributed by atoms with van der Waals surface area (Å²) in [7, 11) is 0. The summed E-state index contributed by atoms with van der Waals surface area (Å²) in [6.07, 6.45) is 5.46. The van der Waals surface area contributed by atoms with Crippen molar-refractivity contribution in [3.63, 3.8) is 0 Å². The number of thiophene rings is 1. The van der Waals surface area contributed by atoms with Gasteiger partial charge in [0.15, 0.2) is 0 Å². The van der Waals surface area contributed by atoms with Crippen LogP contribution in [0.2, 0.25) is 0 Å². The molecule has 2 heteroatoms. The van der Waals surface area contributed by atoms with Gasteiger partial charge in [-0.3, -0.25) is 0 Å². The lowest BCUT2D eigenvalue weighted by molar-refractivity contribution is 1.18. The van der Waals surface area contributed by atoms with Gasteiger partial charge >= 0.3 is 0 Å². The van der Waals surface area contributed by atoms with Crippen molar-refractivity contribution in [2.75, 3.05) is 0 Å². The molecule has 0 bridgehead atoms. The van der Waals surface area contributed by atoms with Crippen LogP contribution in [0.15, 0.2) is 53.0 Å². The van der Waals surface area contributed by atoms with E-state index in [2.05, 4.69) is 84.4 Å². The molecule has 0 spiro atoms. The van der Waals surface area contributed by atoms with Crippen molar-refractivity contribution >= 4 is 43.4 Å². The van der Waals surface area contributed by atoms with Crippen molar-refractivity contribution in [2.45, 2.75) is 20.3 Å². The molecule has 0 aliphatic rings. The molecule has 106 valence electrons. The second-order valence-electron chi connectivity index (χ2n) is 5.01. The monoisotopic (exact) mass is 356 g/mol. The van der Waals surface area contributed by atoms with E-state index in [9.17, 15) is 0 Å². The zero-order chi connectivity index (χ0) is 14.8. The van der Waals surface area contributed by atoms with Crippen molar-refractivity contribution in [2.24, 2.45) is 0 Å². The van der Waals surface area contributed by atoms with Crippen LogP contribution in [0.4, 0.5) is 0 Å². The average molecular weight is 357 g/mol. The summed E-state index contributed by atoms with van der Waals surface area (Å²) in [5.74, 6) is 0. The fourth-order valence-corrected chi connectivity index (χ4v) is 4.14. The van der Waals surface area contributed by atoms with Crippen LogP contribution in [-0.4, -0.2) is 0 Å². The fraction of sp³-hybridized carbons (Fsp3) is 0.158. The van der Waals surface area contributed by atoms with Gasteiger partial charge in [0, 0.05) is 19.4 Å². The number of hydrogen-bond acceptors (Lipinski definition) is 1. The van der Waals surface area contributed by atoms with Crippen LogP contribution in [0.25, 0.3) is 27.3 Å². The first-order chi connectivity index (χ1) is 10.2. The van der Waals surface area contributed by atoms with Gasteiger partial charge in [-0.25, -0.2) is 0 Å². The van der Waals surface area contributed by atoms with E-state index in [0.29, 0.717) is 0 Å². The van der Waals surface area contributed by atoms with Crippen LogP contribution in [0.5, 0.6) is 0 Å². The highest BCUT2D eigenvalue weighted by Crippen LogP contribution is 2.36. The second kappa shape index (κ2) is 6.17. The Kier molecular flexibility index (Phi) is 4.27. The third kappa shape index (κ3) is 2.83. The molecule has 0 aliphatic carbocycles. The van der Waals surface area contributed by atoms with Crippen LogP contribution in [-0.2, 0) is 6.42 Å². The summed E-state index contributed by atoms with van der Waals surface area (Å²) in [6, 6.07) is 15.3. The Morgan fingerprint density at radius 3 is 2.62 bits per heavy atom. The molecule has 0 aliphatic heterocycles. The SMILES string of the molecule is C/C=C\c1c(CC)sc2ccc(-c3cccc(Br)c3)cc12. The van der Waals surface area contributed by atoms with Crippen molar-refractivity contribution < 1.29 is 0 Å². The summed E-state index contributed by atoms with van der Waals surface area (Å²) in [5, 5.41) is 1.37. The quantitative estimate of drug-likeness (QED) is 0.477. The molecule has 1 aromatic heterocycles. The predicted octanol–water partition coefficient (Wildman–Crippen LogP) is 6.93.